The number of carbonyl (C=O) groups is 1. The van der Waals surface area contributed by atoms with Gasteiger partial charge in [0.1, 0.15) is 11.4 Å². The van der Waals surface area contributed by atoms with Gasteiger partial charge < -0.3 is 30.2 Å². The van der Waals surface area contributed by atoms with E-state index in [2.05, 4.69) is 15.3 Å². The number of nitrogens with two attached hydrogens (primary N) is 1. The van der Waals surface area contributed by atoms with Gasteiger partial charge in [0.2, 0.25) is 5.91 Å². The quantitative estimate of drug-likeness (QED) is 0.495. The lowest BCUT2D eigenvalue weighted by Crippen LogP contribution is -2.48. The predicted octanol–water partition coefficient (Wildman–Crippen LogP) is 2.81. The Bertz CT molecular complexity index is 1080. The standard InChI is InChI=1S/C23H27FN4O4/c1-30-13-15-12-27-22-21(15)20(4-7-26-22)32-19-3-2-14(10-17(19)24)11-18(25)23(29)28-16-5-8-31-9-6-16/h2-4,7,10,12,16,18H,5-6,8-9,11,13,25H2,1H3,(H,26,27)(H,28,29). The van der Waals surface area contributed by atoms with Crippen LogP contribution in [0.25, 0.3) is 11.0 Å². The molecule has 0 bridgehead atoms. The van der Waals surface area contributed by atoms with Crippen molar-refractivity contribution >= 4 is 16.9 Å². The Labute approximate surface area is 185 Å². The lowest BCUT2D eigenvalue weighted by Gasteiger charge is -2.24. The van der Waals surface area contributed by atoms with Gasteiger partial charge in [-0.05, 0) is 43.0 Å². The largest absolute Gasteiger partial charge is 0.453 e. The lowest BCUT2D eigenvalue weighted by atomic mass is 10.0. The van der Waals surface area contributed by atoms with Gasteiger partial charge in [-0.3, -0.25) is 4.79 Å². The summed E-state index contributed by atoms with van der Waals surface area (Å²) in [7, 11) is 1.60. The summed E-state index contributed by atoms with van der Waals surface area (Å²) in [6.07, 6.45) is 5.15. The third-order valence-corrected chi connectivity index (χ3v) is 5.49. The maximum absolute atomic E-state index is 14.8. The molecule has 2 aromatic heterocycles. The maximum Gasteiger partial charge on any atom is 0.237 e. The van der Waals surface area contributed by atoms with Crippen molar-refractivity contribution in [2.45, 2.75) is 38.0 Å². The Morgan fingerprint density at radius 3 is 2.91 bits per heavy atom. The number of nitrogens with zero attached hydrogens (tertiary/aromatic N) is 1. The highest BCUT2D eigenvalue weighted by Gasteiger charge is 2.21. The van der Waals surface area contributed by atoms with E-state index in [1.165, 1.54) is 6.07 Å². The summed E-state index contributed by atoms with van der Waals surface area (Å²) in [5.74, 6) is -0.225. The number of rotatable bonds is 8. The first-order chi connectivity index (χ1) is 15.5. The number of methoxy groups -OCH3 is 1. The fraction of sp³-hybridized carbons (Fsp3) is 0.391. The summed E-state index contributed by atoms with van der Waals surface area (Å²) in [5, 5.41) is 3.69. The summed E-state index contributed by atoms with van der Waals surface area (Å²) in [6, 6.07) is 5.60. The second kappa shape index (κ2) is 10.1. The molecular formula is C23H27FN4O4. The minimum absolute atomic E-state index is 0.0726. The smallest absolute Gasteiger partial charge is 0.237 e. The Balaban J connectivity index is 1.44. The van der Waals surface area contributed by atoms with Crippen LogP contribution in [-0.2, 0) is 27.3 Å². The molecule has 4 rings (SSSR count). The summed E-state index contributed by atoms with van der Waals surface area (Å²) in [4.78, 5) is 19.7. The number of fused-ring (bicyclic) bond motifs is 1. The fourth-order valence-corrected chi connectivity index (χ4v) is 3.82. The van der Waals surface area contributed by atoms with Crippen molar-refractivity contribution in [3.05, 3.63) is 53.6 Å². The van der Waals surface area contributed by atoms with Crippen molar-refractivity contribution in [1.82, 2.24) is 15.3 Å². The highest BCUT2D eigenvalue weighted by atomic mass is 19.1. The van der Waals surface area contributed by atoms with E-state index in [4.69, 9.17) is 19.9 Å². The van der Waals surface area contributed by atoms with Crippen molar-refractivity contribution in [3.8, 4) is 11.5 Å². The van der Waals surface area contributed by atoms with Crippen LogP contribution in [-0.4, -0.2) is 48.3 Å². The van der Waals surface area contributed by atoms with Crippen LogP contribution in [0.3, 0.4) is 0 Å². The summed E-state index contributed by atoms with van der Waals surface area (Å²) in [6.45, 7) is 1.63. The zero-order valence-electron chi connectivity index (χ0n) is 17.9. The van der Waals surface area contributed by atoms with Gasteiger partial charge in [-0.25, -0.2) is 9.37 Å². The molecule has 32 heavy (non-hydrogen) atoms. The summed E-state index contributed by atoms with van der Waals surface area (Å²) in [5.41, 5.74) is 8.17. The molecule has 8 nitrogen and oxygen atoms in total. The molecule has 1 aromatic carbocycles. The fourth-order valence-electron chi connectivity index (χ4n) is 3.82. The minimum atomic E-state index is -0.764. The van der Waals surface area contributed by atoms with E-state index in [1.54, 1.807) is 37.7 Å². The van der Waals surface area contributed by atoms with E-state index in [0.29, 0.717) is 36.8 Å². The highest BCUT2D eigenvalue weighted by Crippen LogP contribution is 2.33. The van der Waals surface area contributed by atoms with E-state index >= 15 is 0 Å². The van der Waals surface area contributed by atoms with Gasteiger partial charge in [-0.15, -0.1) is 0 Å². The molecule has 0 aliphatic carbocycles. The van der Waals surface area contributed by atoms with Crippen LogP contribution in [0.15, 0.2) is 36.7 Å². The van der Waals surface area contributed by atoms with Crippen molar-refractivity contribution in [2.24, 2.45) is 5.73 Å². The van der Waals surface area contributed by atoms with Gasteiger partial charge in [0, 0.05) is 44.3 Å². The second-order valence-electron chi connectivity index (χ2n) is 7.85. The number of aromatic nitrogens is 2. The number of amides is 1. The van der Waals surface area contributed by atoms with E-state index in [9.17, 15) is 9.18 Å². The number of aromatic amines is 1. The Hall–Kier alpha value is -3.01. The number of ether oxygens (including phenoxy) is 3. The van der Waals surface area contributed by atoms with E-state index in [0.717, 1.165) is 23.8 Å². The number of halogens is 1. The zero-order chi connectivity index (χ0) is 22.5. The molecule has 1 atom stereocenters. The van der Waals surface area contributed by atoms with Crippen LogP contribution in [0, 0.1) is 5.82 Å². The van der Waals surface area contributed by atoms with Crippen molar-refractivity contribution < 1.29 is 23.4 Å². The topological polar surface area (TPSA) is 111 Å². The van der Waals surface area contributed by atoms with Gasteiger partial charge in [-0.2, -0.15) is 0 Å². The van der Waals surface area contributed by atoms with Gasteiger partial charge in [0.15, 0.2) is 11.6 Å². The van der Waals surface area contributed by atoms with Gasteiger partial charge in [-0.1, -0.05) is 6.07 Å². The van der Waals surface area contributed by atoms with Crippen LogP contribution >= 0.6 is 0 Å². The van der Waals surface area contributed by atoms with Gasteiger partial charge >= 0.3 is 0 Å². The Morgan fingerprint density at radius 1 is 1.34 bits per heavy atom. The number of nitrogens with one attached hydrogen (secondary N) is 2. The molecule has 3 aromatic rings. The van der Waals surface area contributed by atoms with E-state index < -0.39 is 11.9 Å². The lowest BCUT2D eigenvalue weighted by molar-refractivity contribution is -0.123. The van der Waals surface area contributed by atoms with Gasteiger partial charge in [0.05, 0.1) is 18.0 Å². The molecule has 0 radical (unpaired) electrons. The zero-order valence-corrected chi connectivity index (χ0v) is 17.9. The van der Waals surface area contributed by atoms with E-state index in [-0.39, 0.29) is 24.1 Å². The first-order valence-electron chi connectivity index (χ1n) is 10.6. The maximum atomic E-state index is 14.8. The predicted molar refractivity (Wildman–Crippen MR) is 117 cm³/mol. The first kappa shape index (κ1) is 22.2. The molecule has 1 aliphatic heterocycles. The molecule has 0 spiro atoms. The Kier molecular flexibility index (Phi) is 6.99. The molecule has 1 aliphatic rings. The van der Waals surface area contributed by atoms with Crippen molar-refractivity contribution in [3.63, 3.8) is 0 Å². The van der Waals surface area contributed by atoms with Crippen molar-refractivity contribution in [2.75, 3.05) is 20.3 Å². The van der Waals surface area contributed by atoms with Crippen LogP contribution in [0.5, 0.6) is 11.5 Å². The number of hydrogen-bond acceptors (Lipinski definition) is 6. The minimum Gasteiger partial charge on any atom is -0.453 e. The molecule has 1 amide bonds. The molecule has 170 valence electrons. The number of pyridine rings is 1. The third-order valence-electron chi connectivity index (χ3n) is 5.49. The second-order valence-corrected chi connectivity index (χ2v) is 7.85. The van der Waals surface area contributed by atoms with Crippen LogP contribution < -0.4 is 15.8 Å². The average molecular weight is 442 g/mol. The summed E-state index contributed by atoms with van der Waals surface area (Å²) >= 11 is 0. The monoisotopic (exact) mass is 442 g/mol. The number of carbonyl (C=O) groups excluding carboxylic acids is 1. The molecule has 1 saturated heterocycles. The number of hydrogen-bond donors (Lipinski definition) is 3. The molecule has 1 fully saturated rings. The number of benzene rings is 1. The van der Waals surface area contributed by atoms with Gasteiger partial charge in [0.25, 0.3) is 0 Å². The third kappa shape index (κ3) is 5.07. The Morgan fingerprint density at radius 2 is 2.16 bits per heavy atom. The van der Waals surface area contributed by atoms with Crippen LogP contribution in [0.1, 0.15) is 24.0 Å². The van der Waals surface area contributed by atoms with Crippen LogP contribution in [0.2, 0.25) is 0 Å². The van der Waals surface area contributed by atoms with Crippen molar-refractivity contribution in [1.29, 1.82) is 0 Å². The molecule has 3 heterocycles. The first-order valence-corrected chi connectivity index (χ1v) is 10.6. The molecule has 0 saturated carbocycles. The molecular weight excluding hydrogens is 415 g/mol. The van der Waals surface area contributed by atoms with E-state index in [1.807, 2.05) is 0 Å². The molecule has 1 unspecified atom stereocenters. The summed E-state index contributed by atoms with van der Waals surface area (Å²) < 4.78 is 31.2. The molecule has 9 heteroatoms. The normalized spacial score (nSPS) is 15.6. The average Bonchev–Trinajstić information content (AvgIpc) is 3.20. The number of H-pyrrole nitrogens is 1. The molecule has 4 N–H and O–H groups in total. The SMILES string of the molecule is COCc1c[nH]c2nccc(Oc3ccc(CC(N)C(=O)NC4CCOCC4)cc3F)c12. The highest BCUT2D eigenvalue weighted by molar-refractivity contribution is 5.86. The van der Waals surface area contributed by atoms with Crippen LogP contribution in [0.4, 0.5) is 4.39 Å².